The average Bonchev–Trinajstić information content (AvgIpc) is 2.60. The molecule has 0 bridgehead atoms. The summed E-state index contributed by atoms with van der Waals surface area (Å²) in [5.41, 5.74) is 1.62. The Hall–Kier alpha value is -2.81. The lowest BCUT2D eigenvalue weighted by molar-refractivity contribution is 0.0526. The number of ether oxygens (including phenoxy) is 2. The largest absolute Gasteiger partial charge is 0.489 e. The monoisotopic (exact) mass is 306 g/mol. The van der Waals surface area contributed by atoms with E-state index in [1.54, 1.807) is 25.1 Å². The Balaban J connectivity index is 1.77. The lowest BCUT2D eigenvalue weighted by Crippen LogP contribution is -2.05. The molecule has 0 heterocycles. The first-order valence-corrected chi connectivity index (χ1v) is 7.64. The molecular formula is C20H18O3. The van der Waals surface area contributed by atoms with Gasteiger partial charge in [0.15, 0.2) is 0 Å². The molecule has 0 radical (unpaired) electrons. The van der Waals surface area contributed by atoms with Gasteiger partial charge in [0.05, 0.1) is 12.2 Å². The summed E-state index contributed by atoms with van der Waals surface area (Å²) >= 11 is 0. The van der Waals surface area contributed by atoms with Gasteiger partial charge in [-0.15, -0.1) is 0 Å². The van der Waals surface area contributed by atoms with Crippen LogP contribution in [0.2, 0.25) is 0 Å². The fourth-order valence-corrected chi connectivity index (χ4v) is 2.51. The lowest BCUT2D eigenvalue weighted by atomic mass is 10.1. The van der Waals surface area contributed by atoms with Crippen LogP contribution in [0.5, 0.6) is 5.75 Å². The minimum atomic E-state index is -0.330. The normalized spacial score (nSPS) is 10.5. The first kappa shape index (κ1) is 15.1. The Bertz CT molecular complexity index is 818. The highest BCUT2D eigenvalue weighted by atomic mass is 16.5. The highest BCUT2D eigenvalue weighted by Gasteiger charge is 2.08. The molecule has 0 saturated carbocycles. The van der Waals surface area contributed by atoms with Crippen molar-refractivity contribution in [3.05, 3.63) is 77.9 Å². The lowest BCUT2D eigenvalue weighted by Gasteiger charge is -2.10. The molecule has 3 nitrogen and oxygen atoms in total. The van der Waals surface area contributed by atoms with Crippen LogP contribution < -0.4 is 4.74 Å². The zero-order chi connectivity index (χ0) is 16.1. The molecule has 116 valence electrons. The van der Waals surface area contributed by atoms with Gasteiger partial charge >= 0.3 is 5.97 Å². The first-order valence-electron chi connectivity index (χ1n) is 7.64. The zero-order valence-corrected chi connectivity index (χ0v) is 13.0. The second-order valence-electron chi connectivity index (χ2n) is 5.18. The van der Waals surface area contributed by atoms with E-state index in [0.717, 1.165) is 5.56 Å². The van der Waals surface area contributed by atoms with Crippen molar-refractivity contribution < 1.29 is 14.3 Å². The topological polar surface area (TPSA) is 35.5 Å². The second kappa shape index (κ2) is 6.97. The number of rotatable bonds is 5. The summed E-state index contributed by atoms with van der Waals surface area (Å²) in [6.07, 6.45) is 0. The van der Waals surface area contributed by atoms with Gasteiger partial charge in [-0.1, -0.05) is 48.5 Å². The fourth-order valence-electron chi connectivity index (χ4n) is 2.51. The van der Waals surface area contributed by atoms with Crippen LogP contribution in [-0.4, -0.2) is 12.6 Å². The SMILES string of the molecule is CCOC(=O)c1cccc(OCc2cccc3ccccc23)c1. The Kier molecular flexibility index (Phi) is 4.57. The summed E-state index contributed by atoms with van der Waals surface area (Å²) in [5, 5.41) is 2.37. The highest BCUT2D eigenvalue weighted by Crippen LogP contribution is 2.21. The molecule has 0 aromatic heterocycles. The molecule has 0 fully saturated rings. The molecule has 3 aromatic carbocycles. The van der Waals surface area contributed by atoms with Crippen molar-refractivity contribution in [1.82, 2.24) is 0 Å². The smallest absolute Gasteiger partial charge is 0.338 e. The van der Waals surface area contributed by atoms with Crippen LogP contribution in [0.1, 0.15) is 22.8 Å². The molecule has 3 rings (SSSR count). The highest BCUT2D eigenvalue weighted by molar-refractivity contribution is 5.89. The summed E-state index contributed by atoms with van der Waals surface area (Å²) in [6.45, 7) is 2.60. The van der Waals surface area contributed by atoms with Crippen molar-refractivity contribution >= 4 is 16.7 Å². The van der Waals surface area contributed by atoms with Gasteiger partial charge in [-0.2, -0.15) is 0 Å². The Morgan fingerprint density at radius 1 is 0.957 bits per heavy atom. The van der Waals surface area contributed by atoms with Crippen LogP contribution in [0.25, 0.3) is 10.8 Å². The van der Waals surface area contributed by atoms with Gasteiger partial charge in [-0.25, -0.2) is 4.79 Å². The number of benzene rings is 3. The van der Waals surface area contributed by atoms with E-state index in [4.69, 9.17) is 9.47 Å². The van der Waals surface area contributed by atoms with E-state index in [1.165, 1.54) is 10.8 Å². The third-order valence-electron chi connectivity index (χ3n) is 3.62. The number of hydrogen-bond acceptors (Lipinski definition) is 3. The summed E-state index contributed by atoms with van der Waals surface area (Å²) in [7, 11) is 0. The maximum absolute atomic E-state index is 11.8. The van der Waals surface area contributed by atoms with Crippen LogP contribution >= 0.6 is 0 Å². The molecule has 0 aliphatic carbocycles. The van der Waals surface area contributed by atoms with Crippen LogP contribution in [0.15, 0.2) is 66.7 Å². The molecule has 3 heteroatoms. The molecule has 0 N–H and O–H groups in total. The maximum Gasteiger partial charge on any atom is 0.338 e. The Morgan fingerprint density at radius 3 is 2.61 bits per heavy atom. The van der Waals surface area contributed by atoms with Crippen LogP contribution in [0, 0.1) is 0 Å². The molecule has 3 aromatic rings. The zero-order valence-electron chi connectivity index (χ0n) is 13.0. The molecule has 0 aliphatic rings. The maximum atomic E-state index is 11.8. The molecule has 0 spiro atoms. The average molecular weight is 306 g/mol. The van der Waals surface area contributed by atoms with Gasteiger partial charge in [0.1, 0.15) is 12.4 Å². The summed E-state index contributed by atoms with van der Waals surface area (Å²) in [5.74, 6) is 0.326. The van der Waals surface area contributed by atoms with Crippen molar-refractivity contribution in [1.29, 1.82) is 0 Å². The van der Waals surface area contributed by atoms with Crippen molar-refractivity contribution in [3.8, 4) is 5.75 Å². The fraction of sp³-hybridized carbons (Fsp3) is 0.150. The van der Waals surface area contributed by atoms with E-state index in [0.29, 0.717) is 24.5 Å². The van der Waals surface area contributed by atoms with E-state index in [-0.39, 0.29) is 5.97 Å². The van der Waals surface area contributed by atoms with Crippen molar-refractivity contribution in [2.45, 2.75) is 13.5 Å². The van der Waals surface area contributed by atoms with Gasteiger partial charge in [0.2, 0.25) is 0 Å². The van der Waals surface area contributed by atoms with Crippen molar-refractivity contribution in [2.24, 2.45) is 0 Å². The van der Waals surface area contributed by atoms with E-state index in [2.05, 4.69) is 24.3 Å². The number of carbonyl (C=O) groups is 1. The summed E-state index contributed by atoms with van der Waals surface area (Å²) < 4.78 is 10.9. The van der Waals surface area contributed by atoms with E-state index in [9.17, 15) is 4.79 Å². The minimum absolute atomic E-state index is 0.330. The third-order valence-corrected chi connectivity index (χ3v) is 3.62. The van der Waals surface area contributed by atoms with E-state index in [1.807, 2.05) is 24.3 Å². The van der Waals surface area contributed by atoms with Gasteiger partial charge in [-0.3, -0.25) is 0 Å². The second-order valence-corrected chi connectivity index (χ2v) is 5.18. The van der Waals surface area contributed by atoms with E-state index < -0.39 is 0 Å². The predicted molar refractivity (Wildman–Crippen MR) is 90.7 cm³/mol. The Labute approximate surface area is 135 Å². The molecule has 23 heavy (non-hydrogen) atoms. The predicted octanol–water partition coefficient (Wildman–Crippen LogP) is 4.60. The number of hydrogen-bond donors (Lipinski definition) is 0. The molecular weight excluding hydrogens is 288 g/mol. The molecule has 0 saturated heterocycles. The standard InChI is InChI=1S/C20H18O3/c1-2-22-20(21)16-9-6-11-18(13-16)23-14-17-10-5-8-15-7-3-4-12-19(15)17/h3-13H,2,14H2,1H3. The van der Waals surface area contributed by atoms with Gasteiger partial charge in [0, 0.05) is 0 Å². The van der Waals surface area contributed by atoms with Gasteiger partial charge < -0.3 is 9.47 Å². The molecule has 0 unspecified atom stereocenters. The van der Waals surface area contributed by atoms with Crippen molar-refractivity contribution in [3.63, 3.8) is 0 Å². The third kappa shape index (κ3) is 3.51. The van der Waals surface area contributed by atoms with Crippen molar-refractivity contribution in [2.75, 3.05) is 6.61 Å². The number of esters is 1. The molecule has 0 atom stereocenters. The van der Waals surface area contributed by atoms with Crippen LogP contribution in [0.4, 0.5) is 0 Å². The van der Waals surface area contributed by atoms with Crippen LogP contribution in [0.3, 0.4) is 0 Å². The number of fused-ring (bicyclic) bond motifs is 1. The first-order chi connectivity index (χ1) is 11.3. The van der Waals surface area contributed by atoms with Crippen LogP contribution in [-0.2, 0) is 11.3 Å². The Morgan fingerprint density at radius 2 is 1.74 bits per heavy atom. The molecule has 0 amide bonds. The molecule has 0 aliphatic heterocycles. The van der Waals surface area contributed by atoms with Gasteiger partial charge in [-0.05, 0) is 41.5 Å². The minimum Gasteiger partial charge on any atom is -0.489 e. The summed E-state index contributed by atoms with van der Waals surface area (Å²) in [6, 6.07) is 21.4. The van der Waals surface area contributed by atoms with Gasteiger partial charge in [0.25, 0.3) is 0 Å². The number of carbonyl (C=O) groups excluding carboxylic acids is 1. The summed E-state index contributed by atoms with van der Waals surface area (Å²) in [4.78, 5) is 11.8. The van der Waals surface area contributed by atoms with E-state index >= 15 is 0 Å². The quantitative estimate of drug-likeness (QED) is 0.646.